The molecule has 0 radical (unpaired) electrons. The van der Waals surface area contributed by atoms with Gasteiger partial charge < -0.3 is 15.4 Å². The number of hydrogen-bond donors (Lipinski definition) is 2. The zero-order valence-electron chi connectivity index (χ0n) is 16.1. The SMILES string of the molecule is COC1(CCN)CN(Cc2ccc3c(c2)CN(C2CCC(=O)NC2=O)C3=O)C1. The number of amides is 3. The Kier molecular flexibility index (Phi) is 4.95. The molecule has 3 aliphatic rings. The third-order valence-electron chi connectivity index (χ3n) is 6.05. The number of methoxy groups -OCH3 is 1. The summed E-state index contributed by atoms with van der Waals surface area (Å²) in [6.45, 7) is 3.50. The van der Waals surface area contributed by atoms with Crippen molar-refractivity contribution in [3.63, 3.8) is 0 Å². The van der Waals surface area contributed by atoms with Crippen LogP contribution in [-0.2, 0) is 27.4 Å². The lowest BCUT2D eigenvalue weighted by Gasteiger charge is -2.49. The molecule has 150 valence electrons. The van der Waals surface area contributed by atoms with Crippen molar-refractivity contribution < 1.29 is 19.1 Å². The van der Waals surface area contributed by atoms with Crippen molar-refractivity contribution in [2.75, 3.05) is 26.7 Å². The van der Waals surface area contributed by atoms with Crippen LogP contribution in [0.15, 0.2) is 18.2 Å². The van der Waals surface area contributed by atoms with Crippen LogP contribution >= 0.6 is 0 Å². The van der Waals surface area contributed by atoms with E-state index in [1.165, 1.54) is 0 Å². The Hall–Kier alpha value is -2.29. The molecule has 3 heterocycles. The van der Waals surface area contributed by atoms with Crippen LogP contribution in [0.2, 0.25) is 0 Å². The van der Waals surface area contributed by atoms with Crippen molar-refractivity contribution in [2.45, 2.75) is 44.0 Å². The molecule has 1 aromatic rings. The number of ether oxygens (including phenoxy) is 1. The summed E-state index contributed by atoms with van der Waals surface area (Å²) in [4.78, 5) is 40.1. The quantitative estimate of drug-likeness (QED) is 0.667. The zero-order chi connectivity index (χ0) is 19.9. The summed E-state index contributed by atoms with van der Waals surface area (Å²) in [5, 5.41) is 2.33. The summed E-state index contributed by atoms with van der Waals surface area (Å²) in [7, 11) is 1.73. The van der Waals surface area contributed by atoms with Crippen molar-refractivity contribution in [3.8, 4) is 0 Å². The molecule has 3 aliphatic heterocycles. The minimum atomic E-state index is -0.574. The first-order chi connectivity index (χ1) is 13.4. The van der Waals surface area contributed by atoms with Crippen LogP contribution in [0.3, 0.4) is 0 Å². The lowest BCUT2D eigenvalue weighted by Crippen LogP contribution is -2.62. The highest BCUT2D eigenvalue weighted by atomic mass is 16.5. The molecule has 2 saturated heterocycles. The van der Waals surface area contributed by atoms with Gasteiger partial charge in [0, 0.05) is 45.3 Å². The number of rotatable bonds is 6. The van der Waals surface area contributed by atoms with Crippen LogP contribution in [0.25, 0.3) is 0 Å². The number of hydrogen-bond acceptors (Lipinski definition) is 6. The van der Waals surface area contributed by atoms with Gasteiger partial charge in [0.25, 0.3) is 5.91 Å². The van der Waals surface area contributed by atoms with Crippen LogP contribution in [0.1, 0.15) is 40.7 Å². The number of benzene rings is 1. The topological polar surface area (TPSA) is 105 Å². The Morgan fingerprint density at radius 2 is 2.07 bits per heavy atom. The number of carbonyl (C=O) groups is 3. The van der Waals surface area contributed by atoms with E-state index in [9.17, 15) is 14.4 Å². The standard InChI is InChI=1S/C20H26N4O4/c1-28-20(6-7-21)11-23(12-20)9-13-2-3-15-14(8-13)10-24(19(15)27)16-4-5-17(25)22-18(16)26/h2-3,8,16H,4-7,9-12,21H2,1H3,(H,22,25,26). The second-order valence-corrected chi connectivity index (χ2v) is 7.96. The van der Waals surface area contributed by atoms with E-state index >= 15 is 0 Å². The van der Waals surface area contributed by atoms with Gasteiger partial charge in [-0.3, -0.25) is 24.6 Å². The van der Waals surface area contributed by atoms with Crippen molar-refractivity contribution in [2.24, 2.45) is 5.73 Å². The van der Waals surface area contributed by atoms with Crippen LogP contribution in [0, 0.1) is 0 Å². The number of fused-ring (bicyclic) bond motifs is 1. The Morgan fingerprint density at radius 1 is 1.29 bits per heavy atom. The fourth-order valence-corrected chi connectivity index (χ4v) is 4.52. The van der Waals surface area contributed by atoms with Crippen LogP contribution in [-0.4, -0.2) is 65.9 Å². The van der Waals surface area contributed by atoms with Crippen molar-refractivity contribution >= 4 is 17.7 Å². The normalized spacial score (nSPS) is 24.1. The molecule has 4 rings (SSSR count). The highest BCUT2D eigenvalue weighted by Crippen LogP contribution is 2.31. The predicted molar refractivity (Wildman–Crippen MR) is 101 cm³/mol. The van der Waals surface area contributed by atoms with Gasteiger partial charge in [0.1, 0.15) is 6.04 Å². The molecule has 0 aliphatic carbocycles. The van der Waals surface area contributed by atoms with Gasteiger partial charge in [-0.15, -0.1) is 0 Å². The minimum absolute atomic E-state index is 0.135. The maximum atomic E-state index is 12.7. The Labute approximate surface area is 164 Å². The lowest BCUT2D eigenvalue weighted by molar-refractivity contribution is -0.136. The highest BCUT2D eigenvalue weighted by molar-refractivity contribution is 6.05. The molecule has 1 unspecified atom stereocenters. The molecule has 28 heavy (non-hydrogen) atoms. The molecule has 8 nitrogen and oxygen atoms in total. The molecular formula is C20H26N4O4. The predicted octanol–water partition coefficient (Wildman–Crippen LogP) is -0.00280. The average molecular weight is 386 g/mol. The molecule has 3 N–H and O–H groups in total. The summed E-state index contributed by atoms with van der Waals surface area (Å²) in [6.07, 6.45) is 1.49. The maximum Gasteiger partial charge on any atom is 0.255 e. The van der Waals surface area contributed by atoms with E-state index < -0.39 is 6.04 Å². The fraction of sp³-hybridized carbons (Fsp3) is 0.550. The lowest BCUT2D eigenvalue weighted by atomic mass is 9.89. The van der Waals surface area contributed by atoms with E-state index in [4.69, 9.17) is 10.5 Å². The number of piperidine rings is 1. The van der Waals surface area contributed by atoms with E-state index in [-0.39, 0.29) is 29.7 Å². The molecule has 0 saturated carbocycles. The molecule has 2 fully saturated rings. The monoisotopic (exact) mass is 386 g/mol. The molecule has 0 spiro atoms. The number of nitrogens with one attached hydrogen (secondary N) is 1. The Morgan fingerprint density at radius 3 is 2.75 bits per heavy atom. The maximum absolute atomic E-state index is 12.7. The summed E-state index contributed by atoms with van der Waals surface area (Å²) < 4.78 is 5.63. The molecule has 0 aromatic heterocycles. The number of likely N-dealkylation sites (tertiary alicyclic amines) is 1. The smallest absolute Gasteiger partial charge is 0.255 e. The first-order valence-electron chi connectivity index (χ1n) is 9.69. The summed E-state index contributed by atoms with van der Waals surface area (Å²) in [6, 6.07) is 5.30. The molecule has 8 heteroatoms. The van der Waals surface area contributed by atoms with Gasteiger partial charge in [0.05, 0.1) is 5.60 Å². The average Bonchev–Trinajstić information content (AvgIpc) is 2.96. The van der Waals surface area contributed by atoms with Gasteiger partial charge in [-0.1, -0.05) is 12.1 Å². The second kappa shape index (κ2) is 7.27. The van der Waals surface area contributed by atoms with Gasteiger partial charge >= 0.3 is 0 Å². The number of imide groups is 1. The van der Waals surface area contributed by atoms with Gasteiger partial charge in [0.2, 0.25) is 11.8 Å². The molecule has 3 amide bonds. The first kappa shape index (κ1) is 19.0. The van der Waals surface area contributed by atoms with Gasteiger partial charge in [-0.05, 0) is 36.6 Å². The number of nitrogens with two attached hydrogens (primary N) is 1. The van der Waals surface area contributed by atoms with Crippen molar-refractivity contribution in [1.82, 2.24) is 15.1 Å². The van der Waals surface area contributed by atoms with E-state index in [1.54, 1.807) is 12.0 Å². The molecule has 1 atom stereocenters. The number of carbonyl (C=O) groups excluding carboxylic acids is 3. The van der Waals surface area contributed by atoms with Crippen LogP contribution < -0.4 is 11.1 Å². The van der Waals surface area contributed by atoms with E-state index in [1.807, 2.05) is 12.1 Å². The molecule has 0 bridgehead atoms. The highest BCUT2D eigenvalue weighted by Gasteiger charge is 2.43. The van der Waals surface area contributed by atoms with Crippen molar-refractivity contribution in [3.05, 3.63) is 34.9 Å². The zero-order valence-corrected chi connectivity index (χ0v) is 16.1. The third kappa shape index (κ3) is 3.32. The van der Waals surface area contributed by atoms with Crippen LogP contribution in [0.5, 0.6) is 0 Å². The van der Waals surface area contributed by atoms with Crippen LogP contribution in [0.4, 0.5) is 0 Å². The summed E-state index contributed by atoms with van der Waals surface area (Å²) in [5.74, 6) is -0.792. The summed E-state index contributed by atoms with van der Waals surface area (Å²) in [5.41, 5.74) is 8.26. The molecule has 1 aromatic carbocycles. The fourth-order valence-electron chi connectivity index (χ4n) is 4.52. The van der Waals surface area contributed by atoms with E-state index in [2.05, 4.69) is 16.3 Å². The minimum Gasteiger partial charge on any atom is -0.376 e. The van der Waals surface area contributed by atoms with Gasteiger partial charge in [0.15, 0.2) is 0 Å². The second-order valence-electron chi connectivity index (χ2n) is 7.96. The Bertz CT molecular complexity index is 818. The molecular weight excluding hydrogens is 360 g/mol. The van der Waals surface area contributed by atoms with E-state index in [0.717, 1.165) is 37.2 Å². The summed E-state index contributed by atoms with van der Waals surface area (Å²) >= 11 is 0. The van der Waals surface area contributed by atoms with Crippen molar-refractivity contribution in [1.29, 1.82) is 0 Å². The first-order valence-corrected chi connectivity index (χ1v) is 9.69. The third-order valence-corrected chi connectivity index (χ3v) is 6.05. The van der Waals surface area contributed by atoms with Gasteiger partial charge in [-0.25, -0.2) is 0 Å². The Balaban J connectivity index is 1.42. The van der Waals surface area contributed by atoms with Gasteiger partial charge in [-0.2, -0.15) is 0 Å². The largest absolute Gasteiger partial charge is 0.376 e. The number of nitrogens with zero attached hydrogens (tertiary/aromatic N) is 2. The van der Waals surface area contributed by atoms with E-state index in [0.29, 0.717) is 25.1 Å².